The van der Waals surface area contributed by atoms with E-state index in [1.807, 2.05) is 0 Å². The summed E-state index contributed by atoms with van der Waals surface area (Å²) < 4.78 is 4.81. The van der Waals surface area contributed by atoms with Crippen LogP contribution in [0, 0.1) is 0 Å². The third-order valence-corrected chi connectivity index (χ3v) is 10.9. The highest BCUT2D eigenvalue weighted by Gasteiger charge is 2.22. The topological polar surface area (TPSA) is 9.86 Å². The number of hydrogen-bond donors (Lipinski definition) is 0. The van der Waals surface area contributed by atoms with E-state index >= 15 is 0 Å². The summed E-state index contributed by atoms with van der Waals surface area (Å²) in [6.07, 6.45) is 1.00. The van der Waals surface area contributed by atoms with Gasteiger partial charge in [-0.15, -0.1) is 0 Å². The molecule has 0 fully saturated rings. The van der Waals surface area contributed by atoms with E-state index in [0.29, 0.717) is 0 Å². The van der Waals surface area contributed by atoms with E-state index in [1.54, 1.807) is 0 Å². The molecular formula is C49H32N2. The van der Waals surface area contributed by atoms with Crippen molar-refractivity contribution < 1.29 is 0 Å². The summed E-state index contributed by atoms with van der Waals surface area (Å²) in [5.74, 6) is 0. The van der Waals surface area contributed by atoms with Crippen molar-refractivity contribution in [1.82, 2.24) is 9.13 Å². The van der Waals surface area contributed by atoms with E-state index in [1.165, 1.54) is 93.8 Å². The quantitative estimate of drug-likeness (QED) is 0.180. The van der Waals surface area contributed by atoms with Crippen LogP contribution in [0.1, 0.15) is 11.1 Å². The Bertz CT molecular complexity index is 2980. The van der Waals surface area contributed by atoms with Gasteiger partial charge in [0.25, 0.3) is 0 Å². The number of fused-ring (bicyclic) bond motifs is 9. The molecule has 1 aliphatic carbocycles. The Balaban J connectivity index is 1.06. The predicted molar refractivity (Wildman–Crippen MR) is 214 cm³/mol. The highest BCUT2D eigenvalue weighted by molar-refractivity contribution is 6.12. The zero-order chi connectivity index (χ0) is 33.5. The second kappa shape index (κ2) is 10.9. The Morgan fingerprint density at radius 1 is 0.314 bits per heavy atom. The van der Waals surface area contributed by atoms with Gasteiger partial charge in [0.15, 0.2) is 0 Å². The fourth-order valence-electron chi connectivity index (χ4n) is 8.66. The average molecular weight is 649 g/mol. The molecule has 0 saturated carbocycles. The maximum Gasteiger partial charge on any atom is 0.0547 e. The summed E-state index contributed by atoms with van der Waals surface area (Å²) >= 11 is 0. The Kier molecular flexibility index (Phi) is 6.05. The molecule has 0 bridgehead atoms. The van der Waals surface area contributed by atoms with Crippen LogP contribution in [0.25, 0.3) is 88.4 Å². The van der Waals surface area contributed by atoms with Crippen molar-refractivity contribution in [2.45, 2.75) is 6.42 Å². The molecule has 0 saturated heterocycles. The second-order valence-electron chi connectivity index (χ2n) is 13.7. The van der Waals surface area contributed by atoms with E-state index in [0.717, 1.165) is 12.1 Å². The standard InChI is InChI=1S/C49H32N2/c1-2-13-37(14-3-1)50-46-20-9-7-17-42(46)44-30-33(24-28-47(44)50)34-23-27-43-41-16-6-8-19-45(41)51(48(43)31-34)38-25-21-32(22-26-38)39-18-10-12-36-29-35-11-4-5-15-40(35)49(36)39/h1-28,30-31H,29H2. The van der Waals surface area contributed by atoms with Gasteiger partial charge in [0.1, 0.15) is 0 Å². The van der Waals surface area contributed by atoms with Crippen molar-refractivity contribution in [3.05, 3.63) is 193 Å². The monoisotopic (exact) mass is 648 g/mol. The van der Waals surface area contributed by atoms with E-state index < -0.39 is 0 Å². The number of para-hydroxylation sites is 3. The van der Waals surface area contributed by atoms with Crippen LogP contribution in [0.3, 0.4) is 0 Å². The molecule has 2 heterocycles. The molecule has 8 aromatic carbocycles. The van der Waals surface area contributed by atoms with Crippen LogP contribution in [0.5, 0.6) is 0 Å². The van der Waals surface area contributed by atoms with Crippen LogP contribution in [0.4, 0.5) is 0 Å². The Hall–Kier alpha value is -6.64. The smallest absolute Gasteiger partial charge is 0.0547 e. The first kappa shape index (κ1) is 28.2. The van der Waals surface area contributed by atoms with Crippen LogP contribution in [0.15, 0.2) is 182 Å². The minimum Gasteiger partial charge on any atom is -0.309 e. The molecule has 10 aromatic rings. The van der Waals surface area contributed by atoms with Gasteiger partial charge in [-0.2, -0.15) is 0 Å². The van der Waals surface area contributed by atoms with Gasteiger partial charge in [0.2, 0.25) is 0 Å². The summed E-state index contributed by atoms with van der Waals surface area (Å²) in [7, 11) is 0. The van der Waals surface area contributed by atoms with Gasteiger partial charge < -0.3 is 9.13 Å². The van der Waals surface area contributed by atoms with Crippen molar-refractivity contribution in [1.29, 1.82) is 0 Å². The molecule has 2 nitrogen and oxygen atoms in total. The van der Waals surface area contributed by atoms with Crippen LogP contribution in [-0.2, 0) is 6.42 Å². The predicted octanol–water partition coefficient (Wildman–Crippen LogP) is 12.8. The molecule has 0 aliphatic heterocycles. The summed E-state index contributed by atoms with van der Waals surface area (Å²) in [5, 5.41) is 5.05. The number of nitrogens with zero attached hydrogens (tertiary/aromatic N) is 2. The lowest BCUT2D eigenvalue weighted by Crippen LogP contribution is -1.94. The number of aromatic nitrogens is 2. The maximum absolute atomic E-state index is 2.43. The van der Waals surface area contributed by atoms with E-state index in [2.05, 4.69) is 191 Å². The van der Waals surface area contributed by atoms with Crippen LogP contribution in [0.2, 0.25) is 0 Å². The van der Waals surface area contributed by atoms with Gasteiger partial charge in [0, 0.05) is 32.9 Å². The lowest BCUT2D eigenvalue weighted by molar-refractivity contribution is 1.18. The first-order valence-electron chi connectivity index (χ1n) is 17.7. The van der Waals surface area contributed by atoms with Gasteiger partial charge in [-0.25, -0.2) is 0 Å². The number of hydrogen-bond acceptors (Lipinski definition) is 0. The Morgan fingerprint density at radius 3 is 1.69 bits per heavy atom. The minimum atomic E-state index is 1.00. The maximum atomic E-state index is 2.43. The fourth-order valence-corrected chi connectivity index (χ4v) is 8.66. The van der Waals surface area contributed by atoms with Gasteiger partial charge >= 0.3 is 0 Å². The normalized spacial score (nSPS) is 12.2. The van der Waals surface area contributed by atoms with E-state index in [-0.39, 0.29) is 0 Å². The summed E-state index contributed by atoms with van der Waals surface area (Å²) in [6.45, 7) is 0. The molecule has 0 spiro atoms. The van der Waals surface area contributed by atoms with Crippen molar-refractivity contribution in [3.8, 4) is 44.8 Å². The third kappa shape index (κ3) is 4.23. The molecule has 11 rings (SSSR count). The molecule has 0 N–H and O–H groups in total. The van der Waals surface area contributed by atoms with Crippen molar-refractivity contribution in [2.24, 2.45) is 0 Å². The number of rotatable bonds is 4. The van der Waals surface area contributed by atoms with Crippen molar-refractivity contribution >= 4 is 43.6 Å². The summed E-state index contributed by atoms with van der Waals surface area (Å²) in [4.78, 5) is 0. The highest BCUT2D eigenvalue weighted by atomic mass is 15.0. The minimum absolute atomic E-state index is 1.00. The molecule has 0 radical (unpaired) electrons. The van der Waals surface area contributed by atoms with Gasteiger partial charge in [-0.05, 0) is 106 Å². The van der Waals surface area contributed by atoms with Gasteiger partial charge in [0.05, 0.1) is 22.1 Å². The Labute approximate surface area is 296 Å². The molecule has 238 valence electrons. The first-order chi connectivity index (χ1) is 25.3. The zero-order valence-electron chi connectivity index (χ0n) is 27.9. The fraction of sp³-hybridized carbons (Fsp3) is 0.0204. The zero-order valence-corrected chi connectivity index (χ0v) is 27.9. The summed E-state index contributed by atoms with van der Waals surface area (Å²) in [6, 6.07) is 66.9. The van der Waals surface area contributed by atoms with Crippen LogP contribution < -0.4 is 0 Å². The van der Waals surface area contributed by atoms with Gasteiger partial charge in [-0.3, -0.25) is 0 Å². The van der Waals surface area contributed by atoms with Crippen molar-refractivity contribution in [2.75, 3.05) is 0 Å². The highest BCUT2D eigenvalue weighted by Crippen LogP contribution is 2.43. The van der Waals surface area contributed by atoms with E-state index in [9.17, 15) is 0 Å². The largest absolute Gasteiger partial charge is 0.309 e. The lowest BCUT2D eigenvalue weighted by Gasteiger charge is -2.13. The molecule has 2 aromatic heterocycles. The molecule has 0 amide bonds. The van der Waals surface area contributed by atoms with Crippen LogP contribution >= 0.6 is 0 Å². The summed E-state index contributed by atoms with van der Waals surface area (Å²) in [5.41, 5.74) is 17.8. The molecule has 1 aliphatic rings. The molecule has 0 atom stereocenters. The molecule has 2 heteroatoms. The first-order valence-corrected chi connectivity index (χ1v) is 17.7. The SMILES string of the molecule is c1ccc(-n2c3ccccc3c3cc(-c4ccc5c6ccccc6n(-c6ccc(-c7cccc8c7-c7ccccc7C8)cc6)c5c4)ccc32)cc1. The van der Waals surface area contributed by atoms with E-state index in [4.69, 9.17) is 0 Å². The van der Waals surface area contributed by atoms with Crippen molar-refractivity contribution in [3.63, 3.8) is 0 Å². The third-order valence-electron chi connectivity index (χ3n) is 10.9. The lowest BCUT2D eigenvalue weighted by atomic mass is 9.94. The molecule has 0 unspecified atom stereocenters. The Morgan fingerprint density at radius 2 is 0.863 bits per heavy atom. The second-order valence-corrected chi connectivity index (χ2v) is 13.7. The van der Waals surface area contributed by atoms with Crippen LogP contribution in [-0.4, -0.2) is 9.13 Å². The molecule has 51 heavy (non-hydrogen) atoms. The van der Waals surface area contributed by atoms with Gasteiger partial charge in [-0.1, -0.05) is 127 Å². The molecular weight excluding hydrogens is 617 g/mol. The number of benzene rings is 8. The average Bonchev–Trinajstić information content (AvgIpc) is 3.85.